The second-order valence-corrected chi connectivity index (χ2v) is 7.69. The lowest BCUT2D eigenvalue weighted by Gasteiger charge is -2.37. The van der Waals surface area contributed by atoms with Crippen LogP contribution < -0.4 is 10.6 Å². The summed E-state index contributed by atoms with van der Waals surface area (Å²) in [6.45, 7) is 6.50. The second-order valence-electron chi connectivity index (χ2n) is 7.69. The molecule has 156 valence electrons. The number of aliphatic hydroxyl groups excluding tert-OH is 1. The number of aryl methyl sites for hydroxylation is 1. The Morgan fingerprint density at radius 2 is 2.18 bits per heavy atom. The molecule has 28 heavy (non-hydrogen) atoms. The lowest BCUT2D eigenvalue weighted by atomic mass is 9.73. The van der Waals surface area contributed by atoms with Gasteiger partial charge in [0.1, 0.15) is 5.82 Å². The van der Waals surface area contributed by atoms with Crippen LogP contribution in [0.15, 0.2) is 29.4 Å². The molecule has 3 rings (SSSR count). The Balaban J connectivity index is 0.00000280. The molecule has 1 aliphatic carbocycles. The third kappa shape index (κ3) is 5.79. The van der Waals surface area contributed by atoms with Gasteiger partial charge >= 0.3 is 0 Å². The van der Waals surface area contributed by atoms with Gasteiger partial charge in [-0.3, -0.25) is 9.39 Å². The fraction of sp³-hybridized carbons (Fsp3) is 0.650. The second kappa shape index (κ2) is 10.9. The van der Waals surface area contributed by atoms with E-state index in [4.69, 9.17) is 4.99 Å². The molecule has 1 saturated carbocycles. The molecule has 0 radical (unpaired) electrons. The fourth-order valence-electron chi connectivity index (χ4n) is 3.68. The average molecular weight is 500 g/mol. The smallest absolute Gasteiger partial charge is 0.191 e. The zero-order valence-electron chi connectivity index (χ0n) is 16.9. The molecule has 3 N–H and O–H groups in total. The van der Waals surface area contributed by atoms with Crippen LogP contribution in [0.25, 0.3) is 5.65 Å². The van der Waals surface area contributed by atoms with Gasteiger partial charge in [0, 0.05) is 31.1 Å². The summed E-state index contributed by atoms with van der Waals surface area (Å²) >= 11 is 0. The van der Waals surface area contributed by atoms with Crippen LogP contribution in [0.2, 0.25) is 0 Å². The molecule has 8 heteroatoms. The van der Waals surface area contributed by atoms with Gasteiger partial charge in [0.2, 0.25) is 0 Å². The molecule has 1 fully saturated rings. The van der Waals surface area contributed by atoms with Crippen molar-refractivity contribution in [2.24, 2.45) is 10.4 Å². The third-order valence-electron chi connectivity index (χ3n) is 5.48. The Morgan fingerprint density at radius 3 is 2.96 bits per heavy atom. The van der Waals surface area contributed by atoms with Crippen molar-refractivity contribution in [2.75, 3.05) is 19.6 Å². The zero-order chi connectivity index (χ0) is 19.1. The van der Waals surface area contributed by atoms with E-state index in [9.17, 15) is 5.11 Å². The predicted octanol–water partition coefficient (Wildman–Crippen LogP) is 2.78. The minimum atomic E-state index is -0.251. The van der Waals surface area contributed by atoms with Gasteiger partial charge in [0.15, 0.2) is 11.6 Å². The van der Waals surface area contributed by atoms with E-state index in [1.807, 2.05) is 28.8 Å². The van der Waals surface area contributed by atoms with Gasteiger partial charge < -0.3 is 15.7 Å². The number of rotatable bonds is 7. The van der Waals surface area contributed by atoms with Crippen molar-refractivity contribution in [3.8, 4) is 0 Å². The van der Waals surface area contributed by atoms with Gasteiger partial charge in [-0.1, -0.05) is 25.8 Å². The molecule has 2 unspecified atom stereocenters. The number of aliphatic hydroxyl groups is 1. The summed E-state index contributed by atoms with van der Waals surface area (Å²) in [6.07, 6.45) is 7.78. The molecule has 2 aromatic heterocycles. The lowest BCUT2D eigenvalue weighted by molar-refractivity contribution is 0.00716. The highest BCUT2D eigenvalue weighted by molar-refractivity contribution is 14.0. The van der Waals surface area contributed by atoms with Crippen molar-refractivity contribution in [2.45, 2.75) is 58.5 Å². The normalized spacial score (nSPS) is 22.7. The Labute approximate surface area is 184 Å². The van der Waals surface area contributed by atoms with Crippen molar-refractivity contribution in [1.29, 1.82) is 0 Å². The number of hydrogen-bond acceptors (Lipinski definition) is 4. The van der Waals surface area contributed by atoms with Crippen LogP contribution in [0.3, 0.4) is 0 Å². The van der Waals surface area contributed by atoms with E-state index >= 15 is 0 Å². The number of nitrogens with one attached hydrogen (secondary N) is 2. The van der Waals surface area contributed by atoms with Crippen LogP contribution in [0.1, 0.15) is 51.8 Å². The summed E-state index contributed by atoms with van der Waals surface area (Å²) in [5.74, 6) is 1.80. The average Bonchev–Trinajstić information content (AvgIpc) is 3.09. The first-order valence-corrected chi connectivity index (χ1v) is 10.1. The number of nitrogens with zero attached hydrogens (tertiary/aromatic N) is 4. The number of halogens is 1. The Bertz CT molecular complexity index is 764. The summed E-state index contributed by atoms with van der Waals surface area (Å²) < 4.78 is 2.03. The van der Waals surface area contributed by atoms with Crippen molar-refractivity contribution >= 4 is 35.6 Å². The summed E-state index contributed by atoms with van der Waals surface area (Å²) in [5.41, 5.74) is 0.774. The highest BCUT2D eigenvalue weighted by Gasteiger charge is 2.35. The van der Waals surface area contributed by atoms with Crippen molar-refractivity contribution < 1.29 is 5.11 Å². The molecular weight excluding hydrogens is 467 g/mol. The topological polar surface area (TPSA) is 86.8 Å². The van der Waals surface area contributed by atoms with E-state index in [1.165, 1.54) is 6.42 Å². The lowest BCUT2D eigenvalue weighted by Crippen LogP contribution is -2.42. The minimum Gasteiger partial charge on any atom is -0.392 e. The maximum Gasteiger partial charge on any atom is 0.191 e. The summed E-state index contributed by atoms with van der Waals surface area (Å²) in [4.78, 5) is 4.75. The predicted molar refractivity (Wildman–Crippen MR) is 123 cm³/mol. The molecule has 2 atom stereocenters. The molecule has 2 heterocycles. The van der Waals surface area contributed by atoms with Gasteiger partial charge in [-0.05, 0) is 38.3 Å². The van der Waals surface area contributed by atoms with Crippen LogP contribution in [0.5, 0.6) is 0 Å². The third-order valence-corrected chi connectivity index (χ3v) is 5.48. The highest BCUT2D eigenvalue weighted by atomic mass is 127. The van der Waals surface area contributed by atoms with Crippen LogP contribution in [0.4, 0.5) is 0 Å². The Hall–Kier alpha value is -1.42. The summed E-state index contributed by atoms with van der Waals surface area (Å²) in [7, 11) is 0. The first-order chi connectivity index (χ1) is 13.1. The van der Waals surface area contributed by atoms with E-state index in [0.717, 1.165) is 62.6 Å². The summed E-state index contributed by atoms with van der Waals surface area (Å²) in [6, 6.07) is 5.93. The van der Waals surface area contributed by atoms with Gasteiger partial charge in [-0.2, -0.15) is 0 Å². The molecule has 0 aromatic carbocycles. The van der Waals surface area contributed by atoms with Crippen molar-refractivity contribution in [1.82, 2.24) is 25.2 Å². The van der Waals surface area contributed by atoms with E-state index in [-0.39, 0.29) is 35.5 Å². The number of aliphatic imine (C=N–C) groups is 1. The van der Waals surface area contributed by atoms with Crippen molar-refractivity contribution in [3.63, 3.8) is 0 Å². The zero-order valence-corrected chi connectivity index (χ0v) is 19.2. The largest absolute Gasteiger partial charge is 0.392 e. The van der Waals surface area contributed by atoms with E-state index in [1.54, 1.807) is 0 Å². The quantitative estimate of drug-likeness (QED) is 0.236. The van der Waals surface area contributed by atoms with Gasteiger partial charge in [-0.15, -0.1) is 34.2 Å². The van der Waals surface area contributed by atoms with E-state index in [2.05, 4.69) is 34.7 Å². The number of hydrogen-bond donors (Lipinski definition) is 3. The molecule has 0 spiro atoms. The molecule has 2 aromatic rings. The Morgan fingerprint density at radius 1 is 1.32 bits per heavy atom. The molecule has 7 nitrogen and oxygen atoms in total. The highest BCUT2D eigenvalue weighted by Crippen LogP contribution is 2.36. The number of fused-ring (bicyclic) bond motifs is 1. The van der Waals surface area contributed by atoms with Crippen LogP contribution in [-0.4, -0.2) is 51.4 Å². The van der Waals surface area contributed by atoms with Crippen LogP contribution >= 0.6 is 24.0 Å². The Kier molecular flexibility index (Phi) is 8.94. The van der Waals surface area contributed by atoms with Gasteiger partial charge in [-0.25, -0.2) is 0 Å². The number of pyridine rings is 1. The van der Waals surface area contributed by atoms with Gasteiger partial charge in [0.25, 0.3) is 0 Å². The minimum absolute atomic E-state index is 0. The maximum absolute atomic E-state index is 10.4. The number of aromatic nitrogens is 3. The fourth-order valence-corrected chi connectivity index (χ4v) is 3.68. The first kappa shape index (κ1) is 22.9. The SMILES string of the molecule is CCNC(=NCC1(C)CCCCC1O)NCCCc1nnc2ccccn12.I. The maximum atomic E-state index is 10.4. The molecule has 0 aliphatic heterocycles. The molecule has 0 bridgehead atoms. The molecular formula is C20H33IN6O. The van der Waals surface area contributed by atoms with Crippen LogP contribution in [-0.2, 0) is 6.42 Å². The van der Waals surface area contributed by atoms with Crippen LogP contribution in [0, 0.1) is 5.41 Å². The molecule has 0 saturated heterocycles. The summed E-state index contributed by atoms with van der Waals surface area (Å²) in [5, 5.41) is 25.5. The van der Waals surface area contributed by atoms with Crippen molar-refractivity contribution in [3.05, 3.63) is 30.2 Å². The van der Waals surface area contributed by atoms with E-state index < -0.39 is 0 Å². The molecule has 0 amide bonds. The standard InChI is InChI=1S/C20H32N6O.HI/c1-3-21-19(23-15-20(2)12-6-4-9-16(20)27)22-13-8-11-18-25-24-17-10-5-7-14-26(17)18;/h5,7,10,14,16,27H,3-4,6,8-9,11-13,15H2,1-2H3,(H2,21,22,23);1H. The van der Waals surface area contributed by atoms with Gasteiger partial charge in [0.05, 0.1) is 12.6 Å². The van der Waals surface area contributed by atoms with E-state index in [0.29, 0.717) is 6.54 Å². The monoisotopic (exact) mass is 500 g/mol. The molecule has 1 aliphatic rings. The number of guanidine groups is 1. The first-order valence-electron chi connectivity index (χ1n) is 10.1.